The van der Waals surface area contributed by atoms with Crippen molar-refractivity contribution in [2.45, 2.75) is 12.5 Å². The zero-order valence-electron chi connectivity index (χ0n) is 7.93. The van der Waals surface area contributed by atoms with E-state index in [1.54, 1.807) is 7.05 Å². The molecule has 1 fully saturated rings. The van der Waals surface area contributed by atoms with Crippen molar-refractivity contribution in [3.05, 3.63) is 35.9 Å². The van der Waals surface area contributed by atoms with E-state index in [-0.39, 0.29) is 17.7 Å². The summed E-state index contributed by atoms with van der Waals surface area (Å²) in [5.74, 6) is -0.666. The highest BCUT2D eigenvalue weighted by molar-refractivity contribution is 6.38. The van der Waals surface area contributed by atoms with E-state index in [1.165, 1.54) is 4.90 Å². The molecule has 1 amide bonds. The molecule has 1 aliphatic heterocycles. The average Bonchev–Trinajstić information content (AvgIpc) is 2.47. The first-order valence-electron chi connectivity index (χ1n) is 4.55. The number of hydrogen-bond donors (Lipinski definition) is 0. The van der Waals surface area contributed by atoms with E-state index < -0.39 is 0 Å². The third kappa shape index (κ3) is 1.31. The number of nitrogens with zero attached hydrogens (tertiary/aromatic N) is 1. The number of carbonyl (C=O) groups is 2. The fourth-order valence-corrected chi connectivity index (χ4v) is 1.75. The number of rotatable bonds is 1. The van der Waals surface area contributed by atoms with Gasteiger partial charge in [-0.3, -0.25) is 9.59 Å². The third-order valence-electron chi connectivity index (χ3n) is 2.59. The van der Waals surface area contributed by atoms with Crippen LogP contribution in [-0.2, 0) is 9.59 Å². The quantitative estimate of drug-likeness (QED) is 0.622. The van der Waals surface area contributed by atoms with Crippen LogP contribution in [0.5, 0.6) is 0 Å². The lowest BCUT2D eigenvalue weighted by Crippen LogP contribution is -2.24. The first-order chi connectivity index (χ1) is 6.70. The minimum absolute atomic E-state index is 0.0730. The molecular formula is C11H11NO2. The fraction of sp³-hybridized carbons (Fsp3) is 0.273. The molecule has 3 heteroatoms. The lowest BCUT2D eigenvalue weighted by Gasteiger charge is -2.18. The average molecular weight is 189 g/mol. The second-order valence-corrected chi connectivity index (χ2v) is 3.47. The summed E-state index contributed by atoms with van der Waals surface area (Å²) in [5, 5.41) is 0. The van der Waals surface area contributed by atoms with Crippen molar-refractivity contribution in [3.63, 3.8) is 0 Å². The Morgan fingerprint density at radius 1 is 1.21 bits per heavy atom. The lowest BCUT2D eigenvalue weighted by atomic mass is 10.1. The highest BCUT2D eigenvalue weighted by Gasteiger charge is 2.36. The van der Waals surface area contributed by atoms with Crippen LogP contribution in [0.2, 0.25) is 0 Å². The Morgan fingerprint density at radius 3 is 2.36 bits per heavy atom. The molecule has 0 bridgehead atoms. The van der Waals surface area contributed by atoms with Crippen molar-refractivity contribution in [1.29, 1.82) is 0 Å². The summed E-state index contributed by atoms with van der Waals surface area (Å²) in [4.78, 5) is 24.0. The number of carbonyl (C=O) groups excluding carboxylic acids is 2. The van der Waals surface area contributed by atoms with Gasteiger partial charge in [0.15, 0.2) is 0 Å². The SMILES string of the molecule is CN1C(=O)C(=O)CC1c1ccccc1. The van der Waals surface area contributed by atoms with Crippen LogP contribution in [0, 0.1) is 0 Å². The molecule has 3 nitrogen and oxygen atoms in total. The Morgan fingerprint density at radius 2 is 1.86 bits per heavy atom. The molecule has 0 spiro atoms. The standard InChI is InChI=1S/C11H11NO2/c1-12-9(7-10(13)11(12)14)8-5-3-2-4-6-8/h2-6,9H,7H2,1H3. The summed E-state index contributed by atoms with van der Waals surface area (Å²) in [6, 6.07) is 9.55. The van der Waals surface area contributed by atoms with Gasteiger partial charge in [0.1, 0.15) is 0 Å². The molecule has 72 valence electrons. The minimum Gasteiger partial charge on any atom is -0.332 e. The summed E-state index contributed by atoms with van der Waals surface area (Å²) in [5.41, 5.74) is 1.02. The van der Waals surface area contributed by atoms with Crippen LogP contribution in [0.15, 0.2) is 30.3 Å². The second-order valence-electron chi connectivity index (χ2n) is 3.47. The summed E-state index contributed by atoms with van der Waals surface area (Å²) in [6.07, 6.45) is 0.305. The van der Waals surface area contributed by atoms with Gasteiger partial charge in [-0.05, 0) is 5.56 Å². The van der Waals surface area contributed by atoms with Gasteiger partial charge in [0, 0.05) is 13.5 Å². The molecule has 1 saturated heterocycles. The summed E-state index contributed by atoms with van der Waals surface area (Å²) in [7, 11) is 1.67. The van der Waals surface area contributed by atoms with Crippen molar-refractivity contribution in [1.82, 2.24) is 4.90 Å². The molecule has 2 rings (SSSR count). The number of ketones is 1. The molecule has 1 unspecified atom stereocenters. The highest BCUT2D eigenvalue weighted by atomic mass is 16.2. The summed E-state index contributed by atoms with van der Waals surface area (Å²) in [6.45, 7) is 0. The van der Waals surface area contributed by atoms with E-state index in [9.17, 15) is 9.59 Å². The minimum atomic E-state index is -0.376. The number of hydrogen-bond acceptors (Lipinski definition) is 2. The largest absolute Gasteiger partial charge is 0.332 e. The molecule has 0 aromatic heterocycles. The third-order valence-corrected chi connectivity index (χ3v) is 2.59. The maximum Gasteiger partial charge on any atom is 0.290 e. The Labute approximate surface area is 82.3 Å². The molecule has 1 heterocycles. The van der Waals surface area contributed by atoms with Crippen LogP contribution in [0.25, 0.3) is 0 Å². The van der Waals surface area contributed by atoms with Gasteiger partial charge in [-0.15, -0.1) is 0 Å². The van der Waals surface area contributed by atoms with Gasteiger partial charge < -0.3 is 4.90 Å². The topological polar surface area (TPSA) is 37.4 Å². The summed E-state index contributed by atoms with van der Waals surface area (Å²) < 4.78 is 0. The van der Waals surface area contributed by atoms with E-state index in [0.717, 1.165) is 5.56 Å². The first kappa shape index (κ1) is 8.94. The molecule has 1 aromatic carbocycles. The smallest absolute Gasteiger partial charge is 0.290 e. The van der Waals surface area contributed by atoms with Crippen LogP contribution in [0.1, 0.15) is 18.0 Å². The van der Waals surface area contributed by atoms with Crippen LogP contribution in [0.3, 0.4) is 0 Å². The van der Waals surface area contributed by atoms with Crippen molar-refractivity contribution < 1.29 is 9.59 Å². The Kier molecular flexibility index (Phi) is 2.08. The summed E-state index contributed by atoms with van der Waals surface area (Å²) >= 11 is 0. The van der Waals surface area contributed by atoms with Crippen molar-refractivity contribution in [2.75, 3.05) is 7.05 Å². The van der Waals surface area contributed by atoms with E-state index >= 15 is 0 Å². The number of Topliss-reactive ketones (excluding diaryl/α,β-unsaturated/α-hetero) is 1. The van der Waals surface area contributed by atoms with Gasteiger partial charge in [-0.25, -0.2) is 0 Å². The molecule has 1 aromatic rings. The van der Waals surface area contributed by atoms with Gasteiger partial charge in [-0.2, -0.15) is 0 Å². The number of benzene rings is 1. The molecular weight excluding hydrogens is 178 g/mol. The maximum atomic E-state index is 11.3. The maximum absolute atomic E-state index is 11.3. The molecule has 14 heavy (non-hydrogen) atoms. The van der Waals surface area contributed by atoms with Gasteiger partial charge in [0.25, 0.3) is 5.91 Å². The van der Waals surface area contributed by atoms with E-state index in [1.807, 2.05) is 30.3 Å². The second kappa shape index (κ2) is 3.25. The first-order valence-corrected chi connectivity index (χ1v) is 4.55. The van der Waals surface area contributed by atoms with Crippen molar-refractivity contribution in [3.8, 4) is 0 Å². The van der Waals surface area contributed by atoms with Crippen LogP contribution in [0.4, 0.5) is 0 Å². The molecule has 1 aliphatic rings. The van der Waals surface area contributed by atoms with Gasteiger partial charge >= 0.3 is 0 Å². The van der Waals surface area contributed by atoms with Crippen LogP contribution >= 0.6 is 0 Å². The lowest BCUT2D eigenvalue weighted by molar-refractivity contribution is -0.139. The predicted molar refractivity (Wildman–Crippen MR) is 51.6 cm³/mol. The monoisotopic (exact) mass is 189 g/mol. The normalized spacial score (nSPS) is 21.8. The number of likely N-dealkylation sites (N-methyl/N-ethyl adjacent to an activating group) is 1. The van der Waals surface area contributed by atoms with Crippen molar-refractivity contribution in [2.24, 2.45) is 0 Å². The molecule has 1 atom stereocenters. The number of amides is 1. The molecule has 0 saturated carbocycles. The molecule has 0 N–H and O–H groups in total. The van der Waals surface area contributed by atoms with Gasteiger partial charge in [0.2, 0.25) is 5.78 Å². The number of likely N-dealkylation sites (tertiary alicyclic amines) is 1. The van der Waals surface area contributed by atoms with E-state index in [2.05, 4.69) is 0 Å². The van der Waals surface area contributed by atoms with Crippen LogP contribution < -0.4 is 0 Å². The van der Waals surface area contributed by atoms with E-state index in [0.29, 0.717) is 6.42 Å². The Balaban J connectivity index is 2.30. The fourth-order valence-electron chi connectivity index (χ4n) is 1.75. The van der Waals surface area contributed by atoms with Gasteiger partial charge in [0.05, 0.1) is 6.04 Å². The zero-order chi connectivity index (χ0) is 10.1. The molecule has 0 aliphatic carbocycles. The Bertz CT molecular complexity index is 372. The van der Waals surface area contributed by atoms with Crippen LogP contribution in [-0.4, -0.2) is 23.6 Å². The van der Waals surface area contributed by atoms with E-state index in [4.69, 9.17) is 0 Å². The zero-order valence-corrected chi connectivity index (χ0v) is 7.93. The van der Waals surface area contributed by atoms with Gasteiger partial charge in [-0.1, -0.05) is 30.3 Å². The molecule has 0 radical (unpaired) electrons. The highest BCUT2D eigenvalue weighted by Crippen LogP contribution is 2.28. The Hall–Kier alpha value is -1.64. The van der Waals surface area contributed by atoms with Crippen molar-refractivity contribution >= 4 is 11.7 Å². The predicted octanol–water partition coefficient (Wildman–Crippen LogP) is 1.16.